The average Bonchev–Trinajstić information content (AvgIpc) is 2.67. The molecule has 0 saturated heterocycles. The van der Waals surface area contributed by atoms with Crippen molar-refractivity contribution in [2.45, 2.75) is 19.1 Å². The second kappa shape index (κ2) is 7.80. The summed E-state index contributed by atoms with van der Waals surface area (Å²) in [7, 11) is 0. The molecule has 28 heavy (non-hydrogen) atoms. The molecule has 0 aliphatic rings. The lowest BCUT2D eigenvalue weighted by Gasteiger charge is -2.16. The molecule has 1 atom stereocenters. The Morgan fingerprint density at radius 1 is 1.04 bits per heavy atom. The van der Waals surface area contributed by atoms with E-state index >= 15 is 0 Å². The third-order valence-corrected chi connectivity index (χ3v) is 4.27. The largest absolute Gasteiger partial charge is 0.416 e. The van der Waals surface area contributed by atoms with Crippen LogP contribution in [0.3, 0.4) is 0 Å². The Labute approximate surface area is 159 Å². The summed E-state index contributed by atoms with van der Waals surface area (Å²) in [5.41, 5.74) is 1.03. The highest BCUT2D eigenvalue weighted by Gasteiger charge is 2.30. The average molecular weight is 388 g/mol. The van der Waals surface area contributed by atoms with Gasteiger partial charge in [-0.25, -0.2) is 4.39 Å². The number of carbonyl (C=O) groups excluding carboxylic acids is 1. The van der Waals surface area contributed by atoms with Crippen molar-refractivity contribution in [3.8, 4) is 11.1 Å². The van der Waals surface area contributed by atoms with E-state index in [2.05, 4.69) is 10.3 Å². The Morgan fingerprint density at radius 2 is 1.71 bits per heavy atom. The molecular formula is C21H16F4N2O. The van der Waals surface area contributed by atoms with Gasteiger partial charge in [-0.15, -0.1) is 0 Å². The first-order chi connectivity index (χ1) is 13.3. The van der Waals surface area contributed by atoms with Crippen LogP contribution in [0.5, 0.6) is 0 Å². The molecule has 144 valence electrons. The zero-order valence-electron chi connectivity index (χ0n) is 14.8. The molecule has 0 radical (unpaired) electrons. The van der Waals surface area contributed by atoms with E-state index in [0.29, 0.717) is 22.3 Å². The first-order valence-corrected chi connectivity index (χ1v) is 8.43. The van der Waals surface area contributed by atoms with Gasteiger partial charge in [0.05, 0.1) is 17.8 Å². The quantitative estimate of drug-likeness (QED) is 0.609. The molecule has 0 aliphatic heterocycles. The number of pyridine rings is 1. The van der Waals surface area contributed by atoms with Gasteiger partial charge in [-0.3, -0.25) is 9.78 Å². The molecule has 0 bridgehead atoms. The van der Waals surface area contributed by atoms with E-state index in [-0.39, 0.29) is 0 Å². The number of alkyl halides is 3. The predicted molar refractivity (Wildman–Crippen MR) is 97.0 cm³/mol. The summed E-state index contributed by atoms with van der Waals surface area (Å²) in [5, 5.41) is 2.76. The number of carbonyl (C=O) groups is 1. The van der Waals surface area contributed by atoms with Crippen LogP contribution in [0.2, 0.25) is 0 Å². The zero-order chi connectivity index (χ0) is 20.3. The Kier molecular flexibility index (Phi) is 5.44. The number of benzene rings is 2. The molecule has 0 aliphatic carbocycles. The summed E-state index contributed by atoms with van der Waals surface area (Å²) in [6, 6.07) is 12.0. The van der Waals surface area contributed by atoms with E-state index in [9.17, 15) is 22.4 Å². The van der Waals surface area contributed by atoms with Gasteiger partial charge in [0, 0.05) is 11.8 Å². The number of nitrogens with zero attached hydrogens (tertiary/aromatic N) is 1. The van der Waals surface area contributed by atoms with Crippen LogP contribution < -0.4 is 5.32 Å². The van der Waals surface area contributed by atoms with Crippen LogP contribution in [-0.2, 0) is 6.18 Å². The van der Waals surface area contributed by atoms with E-state index in [1.807, 2.05) is 0 Å². The van der Waals surface area contributed by atoms with Crippen LogP contribution in [0.1, 0.15) is 34.5 Å². The fourth-order valence-electron chi connectivity index (χ4n) is 2.79. The molecule has 7 heteroatoms. The first kappa shape index (κ1) is 19.5. The van der Waals surface area contributed by atoms with Crippen LogP contribution in [0.4, 0.5) is 17.6 Å². The van der Waals surface area contributed by atoms with Crippen molar-refractivity contribution in [3.05, 3.63) is 89.5 Å². The minimum atomic E-state index is -4.43. The van der Waals surface area contributed by atoms with Crippen LogP contribution in [0.25, 0.3) is 11.1 Å². The highest BCUT2D eigenvalue weighted by atomic mass is 19.4. The molecule has 3 aromatic rings. The number of amides is 1. The maximum absolute atomic E-state index is 13.3. The number of nitrogens with one attached hydrogen (secondary N) is 1. The topological polar surface area (TPSA) is 42.0 Å². The lowest BCUT2D eigenvalue weighted by molar-refractivity contribution is -0.137. The number of hydrogen-bond acceptors (Lipinski definition) is 2. The number of aromatic nitrogens is 1. The number of halogens is 4. The monoisotopic (exact) mass is 388 g/mol. The fourth-order valence-corrected chi connectivity index (χ4v) is 2.79. The van der Waals surface area contributed by atoms with Crippen LogP contribution >= 0.6 is 0 Å². The van der Waals surface area contributed by atoms with E-state index in [1.165, 1.54) is 24.4 Å². The number of hydrogen-bond donors (Lipinski definition) is 1. The Balaban J connectivity index is 1.86. The molecule has 1 aromatic heterocycles. The summed E-state index contributed by atoms with van der Waals surface area (Å²) in [5.74, 6) is -0.934. The van der Waals surface area contributed by atoms with Gasteiger partial charge < -0.3 is 5.32 Å². The van der Waals surface area contributed by atoms with Crippen molar-refractivity contribution in [1.29, 1.82) is 0 Å². The van der Waals surface area contributed by atoms with Gasteiger partial charge in [0.2, 0.25) is 0 Å². The normalized spacial score (nSPS) is 12.5. The van der Waals surface area contributed by atoms with Crippen LogP contribution in [-0.4, -0.2) is 10.9 Å². The standard InChI is InChI=1S/C21H16F4N2O/c1-13(15-10-17(22)12-26-11-15)27-20(28)19-5-3-2-4-18(19)14-6-8-16(9-7-14)21(23,24)25/h2-13H,1H3,(H,27,28). The smallest absolute Gasteiger partial charge is 0.345 e. The molecule has 3 rings (SSSR count). The summed E-state index contributed by atoms with van der Waals surface area (Å²) >= 11 is 0. The van der Waals surface area contributed by atoms with E-state index in [4.69, 9.17) is 0 Å². The molecule has 2 aromatic carbocycles. The second-order valence-electron chi connectivity index (χ2n) is 6.25. The molecule has 0 fully saturated rings. The predicted octanol–water partition coefficient (Wildman–Crippen LogP) is 5.40. The van der Waals surface area contributed by atoms with Crippen molar-refractivity contribution in [3.63, 3.8) is 0 Å². The van der Waals surface area contributed by atoms with Gasteiger partial charge in [-0.1, -0.05) is 30.3 Å². The summed E-state index contributed by atoms with van der Waals surface area (Å²) in [6.45, 7) is 1.69. The minimum Gasteiger partial charge on any atom is -0.345 e. The molecule has 1 amide bonds. The Bertz CT molecular complexity index is 984. The van der Waals surface area contributed by atoms with Crippen LogP contribution in [0.15, 0.2) is 67.0 Å². The van der Waals surface area contributed by atoms with Gasteiger partial charge in [0.15, 0.2) is 0 Å². The molecule has 0 spiro atoms. The molecule has 1 unspecified atom stereocenters. The summed E-state index contributed by atoms with van der Waals surface area (Å²) in [4.78, 5) is 16.5. The zero-order valence-corrected chi connectivity index (χ0v) is 14.8. The summed E-state index contributed by atoms with van der Waals surface area (Å²) in [6.07, 6.45) is -1.91. The Morgan fingerprint density at radius 3 is 2.36 bits per heavy atom. The molecule has 3 nitrogen and oxygen atoms in total. The van der Waals surface area contributed by atoms with Crippen molar-refractivity contribution >= 4 is 5.91 Å². The van der Waals surface area contributed by atoms with Gasteiger partial charge in [0.1, 0.15) is 5.82 Å². The second-order valence-corrected chi connectivity index (χ2v) is 6.25. The van der Waals surface area contributed by atoms with Crippen molar-refractivity contribution in [1.82, 2.24) is 10.3 Å². The molecular weight excluding hydrogens is 372 g/mol. The van der Waals surface area contributed by atoms with Gasteiger partial charge >= 0.3 is 6.18 Å². The third kappa shape index (κ3) is 4.36. The van der Waals surface area contributed by atoms with E-state index < -0.39 is 29.5 Å². The molecule has 1 N–H and O–H groups in total. The van der Waals surface area contributed by atoms with Gasteiger partial charge in [-0.2, -0.15) is 13.2 Å². The van der Waals surface area contributed by atoms with Gasteiger partial charge in [0.25, 0.3) is 5.91 Å². The SMILES string of the molecule is CC(NC(=O)c1ccccc1-c1ccc(C(F)(F)F)cc1)c1cncc(F)c1. The lowest BCUT2D eigenvalue weighted by atomic mass is 9.97. The van der Waals surface area contributed by atoms with E-state index in [0.717, 1.165) is 18.3 Å². The van der Waals surface area contributed by atoms with Crippen molar-refractivity contribution in [2.24, 2.45) is 0 Å². The van der Waals surface area contributed by atoms with Gasteiger partial charge in [-0.05, 0) is 47.9 Å². The maximum atomic E-state index is 13.3. The highest BCUT2D eigenvalue weighted by molar-refractivity contribution is 6.01. The summed E-state index contributed by atoms with van der Waals surface area (Å²) < 4.78 is 51.6. The van der Waals surface area contributed by atoms with Crippen molar-refractivity contribution < 1.29 is 22.4 Å². The minimum absolute atomic E-state index is 0.304. The molecule has 0 saturated carbocycles. The van der Waals surface area contributed by atoms with Crippen molar-refractivity contribution in [2.75, 3.05) is 0 Å². The molecule has 1 heterocycles. The third-order valence-electron chi connectivity index (χ3n) is 4.27. The van der Waals surface area contributed by atoms with E-state index in [1.54, 1.807) is 31.2 Å². The lowest BCUT2D eigenvalue weighted by Crippen LogP contribution is -2.27. The number of rotatable bonds is 4. The maximum Gasteiger partial charge on any atom is 0.416 e. The highest BCUT2D eigenvalue weighted by Crippen LogP contribution is 2.32. The fraction of sp³-hybridized carbons (Fsp3) is 0.143. The first-order valence-electron chi connectivity index (χ1n) is 8.43. The Hall–Kier alpha value is -3.22. The van der Waals surface area contributed by atoms with Crippen LogP contribution in [0, 0.1) is 5.82 Å².